The van der Waals surface area contributed by atoms with Gasteiger partial charge in [-0.3, -0.25) is 0 Å². The first kappa shape index (κ1) is 16.1. The number of oxazole rings is 1. The van der Waals surface area contributed by atoms with Gasteiger partial charge in [-0.2, -0.15) is 5.26 Å². The molecule has 0 radical (unpaired) electrons. The lowest BCUT2D eigenvalue weighted by molar-refractivity contribution is 0.516. The van der Waals surface area contributed by atoms with Crippen LogP contribution >= 0.6 is 11.8 Å². The molecular weight excluding hydrogens is 325 g/mol. The Bertz CT molecular complexity index is 884. The molecule has 0 bridgehead atoms. The molecule has 0 aliphatic carbocycles. The molecule has 0 atom stereocenters. The summed E-state index contributed by atoms with van der Waals surface area (Å²) in [6.07, 6.45) is 3.47. The van der Waals surface area contributed by atoms with Gasteiger partial charge in [-0.1, -0.05) is 0 Å². The van der Waals surface area contributed by atoms with Crippen molar-refractivity contribution in [1.29, 1.82) is 5.26 Å². The number of nitrogens with one attached hydrogen (secondary N) is 1. The van der Waals surface area contributed by atoms with Gasteiger partial charge in [0, 0.05) is 16.1 Å². The third kappa shape index (κ3) is 3.58. The Balaban J connectivity index is 1.67. The van der Waals surface area contributed by atoms with E-state index in [1.165, 1.54) is 17.8 Å². The zero-order valence-electron chi connectivity index (χ0n) is 12.9. The number of anilines is 1. The summed E-state index contributed by atoms with van der Waals surface area (Å²) in [5.74, 6) is 0.877. The summed E-state index contributed by atoms with van der Waals surface area (Å²) < 4.78 is 19.4. The van der Waals surface area contributed by atoms with Gasteiger partial charge in [0.05, 0.1) is 24.4 Å². The molecule has 0 amide bonds. The predicted octanol–water partition coefficient (Wildman–Crippen LogP) is 4.69. The van der Waals surface area contributed by atoms with Crippen LogP contribution in [0.3, 0.4) is 0 Å². The van der Waals surface area contributed by atoms with Crippen LogP contribution in [0.4, 0.5) is 10.1 Å². The second kappa shape index (κ2) is 7.20. The molecule has 0 saturated carbocycles. The maximum atomic E-state index is 13.7. The van der Waals surface area contributed by atoms with Crippen molar-refractivity contribution < 1.29 is 8.81 Å². The minimum absolute atomic E-state index is 0.252. The number of thioether (sulfide) groups is 1. The fraction of sp³-hybridized carbons (Fsp3) is 0.111. The average Bonchev–Trinajstić information content (AvgIpc) is 3.09. The van der Waals surface area contributed by atoms with Crippen molar-refractivity contribution in [2.24, 2.45) is 0 Å². The van der Waals surface area contributed by atoms with E-state index in [4.69, 9.17) is 9.68 Å². The summed E-state index contributed by atoms with van der Waals surface area (Å²) in [4.78, 5) is 4.83. The monoisotopic (exact) mass is 339 g/mol. The molecule has 0 fully saturated rings. The lowest BCUT2D eigenvalue weighted by Gasteiger charge is -2.06. The second-order valence-corrected chi connectivity index (χ2v) is 5.86. The predicted molar refractivity (Wildman–Crippen MR) is 92.2 cm³/mol. The number of nitrogens with zero attached hydrogens (tertiary/aromatic N) is 2. The van der Waals surface area contributed by atoms with Crippen LogP contribution in [0.5, 0.6) is 0 Å². The van der Waals surface area contributed by atoms with Crippen molar-refractivity contribution in [3.63, 3.8) is 0 Å². The van der Waals surface area contributed by atoms with E-state index in [-0.39, 0.29) is 5.82 Å². The topological polar surface area (TPSA) is 61.9 Å². The molecule has 120 valence electrons. The van der Waals surface area contributed by atoms with E-state index in [1.807, 2.05) is 24.5 Å². The third-order valence-electron chi connectivity index (χ3n) is 3.45. The number of aromatic nitrogens is 1. The first-order valence-corrected chi connectivity index (χ1v) is 8.44. The van der Waals surface area contributed by atoms with Crippen molar-refractivity contribution in [1.82, 2.24) is 4.98 Å². The van der Waals surface area contributed by atoms with Crippen LogP contribution in [0.25, 0.3) is 11.3 Å². The molecule has 0 spiro atoms. The van der Waals surface area contributed by atoms with E-state index >= 15 is 0 Å². The van der Waals surface area contributed by atoms with E-state index in [0.29, 0.717) is 34.3 Å². The number of rotatable bonds is 5. The Morgan fingerprint density at radius 2 is 2.04 bits per heavy atom. The molecule has 0 unspecified atom stereocenters. The fourth-order valence-electron chi connectivity index (χ4n) is 2.19. The summed E-state index contributed by atoms with van der Waals surface area (Å²) in [5, 5.41) is 11.9. The molecule has 3 aromatic rings. The molecule has 4 nitrogen and oxygen atoms in total. The maximum Gasteiger partial charge on any atom is 0.214 e. The van der Waals surface area contributed by atoms with Crippen LogP contribution < -0.4 is 5.32 Å². The van der Waals surface area contributed by atoms with E-state index < -0.39 is 0 Å². The number of halogens is 1. The van der Waals surface area contributed by atoms with E-state index in [9.17, 15) is 4.39 Å². The van der Waals surface area contributed by atoms with Gasteiger partial charge in [-0.15, -0.1) is 11.8 Å². The van der Waals surface area contributed by atoms with Gasteiger partial charge in [-0.25, -0.2) is 9.37 Å². The van der Waals surface area contributed by atoms with E-state index in [2.05, 4.69) is 16.4 Å². The summed E-state index contributed by atoms with van der Waals surface area (Å²) in [5.41, 5.74) is 2.11. The van der Waals surface area contributed by atoms with Gasteiger partial charge in [0.15, 0.2) is 5.76 Å². The minimum atomic E-state index is -0.252. The summed E-state index contributed by atoms with van der Waals surface area (Å²) >= 11 is 1.37. The second-order valence-electron chi connectivity index (χ2n) is 5.01. The zero-order valence-corrected chi connectivity index (χ0v) is 13.7. The lowest BCUT2D eigenvalue weighted by Crippen LogP contribution is -2.00. The Labute approximate surface area is 143 Å². The standard InChI is InChI=1S/C18H14FN3OS/c1-24-17-7-6-14(8-15(17)19)21-11-18-22-10-16(23-18)13-4-2-12(9-20)3-5-13/h2-8,10,21H,11H2,1H3. The molecule has 0 aliphatic heterocycles. The smallest absolute Gasteiger partial charge is 0.214 e. The van der Waals surface area contributed by atoms with Crippen molar-refractivity contribution >= 4 is 17.4 Å². The molecule has 24 heavy (non-hydrogen) atoms. The Morgan fingerprint density at radius 1 is 1.25 bits per heavy atom. The Morgan fingerprint density at radius 3 is 2.71 bits per heavy atom. The van der Waals surface area contributed by atoms with Crippen molar-refractivity contribution in [2.75, 3.05) is 11.6 Å². The fourth-order valence-corrected chi connectivity index (χ4v) is 2.65. The van der Waals surface area contributed by atoms with Crippen LogP contribution in [0.15, 0.2) is 58.0 Å². The summed E-state index contributed by atoms with van der Waals surface area (Å²) in [6.45, 7) is 0.355. The molecule has 6 heteroatoms. The normalized spacial score (nSPS) is 10.4. The highest BCUT2D eigenvalue weighted by Gasteiger charge is 2.07. The molecule has 0 saturated heterocycles. The van der Waals surface area contributed by atoms with E-state index in [0.717, 1.165) is 5.56 Å². The molecular formula is C18H14FN3OS. The largest absolute Gasteiger partial charge is 0.439 e. The van der Waals surface area contributed by atoms with Gasteiger partial charge < -0.3 is 9.73 Å². The van der Waals surface area contributed by atoms with Crippen LogP contribution in [0.1, 0.15) is 11.5 Å². The number of hydrogen-bond donors (Lipinski definition) is 1. The molecule has 1 heterocycles. The number of nitriles is 1. The van der Waals surface area contributed by atoms with Crippen LogP contribution in [0, 0.1) is 17.1 Å². The number of hydrogen-bond acceptors (Lipinski definition) is 5. The van der Waals surface area contributed by atoms with E-state index in [1.54, 1.807) is 24.4 Å². The first-order valence-electron chi connectivity index (χ1n) is 7.22. The van der Waals surface area contributed by atoms with Crippen LogP contribution in [-0.4, -0.2) is 11.2 Å². The van der Waals surface area contributed by atoms with Gasteiger partial charge in [0.25, 0.3) is 0 Å². The SMILES string of the molecule is CSc1ccc(NCc2ncc(-c3ccc(C#N)cc3)o2)cc1F. The van der Waals surface area contributed by atoms with Gasteiger partial charge in [0.2, 0.25) is 5.89 Å². The Kier molecular flexibility index (Phi) is 4.82. The molecule has 3 rings (SSSR count). The van der Waals surface area contributed by atoms with Gasteiger partial charge in [0.1, 0.15) is 5.82 Å². The molecule has 0 aliphatic rings. The van der Waals surface area contributed by atoms with Crippen molar-refractivity contribution in [3.05, 3.63) is 65.9 Å². The van der Waals surface area contributed by atoms with Crippen molar-refractivity contribution in [3.8, 4) is 17.4 Å². The highest BCUT2D eigenvalue weighted by molar-refractivity contribution is 7.98. The summed E-state index contributed by atoms with van der Waals surface area (Å²) in [7, 11) is 0. The highest BCUT2D eigenvalue weighted by Crippen LogP contribution is 2.24. The van der Waals surface area contributed by atoms with Crippen LogP contribution in [-0.2, 0) is 6.54 Å². The first-order chi connectivity index (χ1) is 11.7. The van der Waals surface area contributed by atoms with Gasteiger partial charge >= 0.3 is 0 Å². The molecule has 1 aromatic heterocycles. The quantitative estimate of drug-likeness (QED) is 0.684. The third-order valence-corrected chi connectivity index (χ3v) is 4.22. The lowest BCUT2D eigenvalue weighted by atomic mass is 10.1. The van der Waals surface area contributed by atoms with Crippen molar-refractivity contribution in [2.45, 2.75) is 11.4 Å². The zero-order chi connectivity index (χ0) is 16.9. The van der Waals surface area contributed by atoms with Crippen LogP contribution in [0.2, 0.25) is 0 Å². The average molecular weight is 339 g/mol. The highest BCUT2D eigenvalue weighted by atomic mass is 32.2. The summed E-state index contributed by atoms with van der Waals surface area (Å²) in [6, 6.07) is 14.2. The molecule has 2 aromatic carbocycles. The number of benzene rings is 2. The maximum absolute atomic E-state index is 13.7. The molecule has 1 N–H and O–H groups in total. The Hall–Kier alpha value is -2.78. The minimum Gasteiger partial charge on any atom is -0.439 e. The van der Waals surface area contributed by atoms with Gasteiger partial charge in [-0.05, 0) is 48.7 Å².